The zero-order chi connectivity index (χ0) is 43.1. The van der Waals surface area contributed by atoms with E-state index in [1.165, 1.54) is 11.8 Å². The number of aromatic amines is 1. The van der Waals surface area contributed by atoms with Crippen LogP contribution >= 0.6 is 0 Å². The fourth-order valence-corrected chi connectivity index (χ4v) is 9.50. The molecule has 7 atom stereocenters. The average molecular weight is 849 g/mol. The van der Waals surface area contributed by atoms with E-state index in [1.54, 1.807) is 26.8 Å². The fraction of sp³-hybridized carbons (Fsp3) is 0.707. The quantitative estimate of drug-likeness (QED) is 0.152. The molecular formula is C41H58F2N6O9S. The van der Waals surface area contributed by atoms with Crippen molar-refractivity contribution >= 4 is 44.9 Å². The Kier molecular flexibility index (Phi) is 12.7. The van der Waals surface area contributed by atoms with Crippen LogP contribution in [0.4, 0.5) is 13.6 Å². The smallest absolute Gasteiger partial charge is 0.408 e. The summed E-state index contributed by atoms with van der Waals surface area (Å²) in [5.41, 5.74) is -1.40. The van der Waals surface area contributed by atoms with Gasteiger partial charge in [-0.15, -0.1) is 0 Å². The second kappa shape index (κ2) is 17.0. The van der Waals surface area contributed by atoms with Crippen molar-refractivity contribution in [2.45, 2.75) is 147 Å². The first-order valence-electron chi connectivity index (χ1n) is 20.8. The van der Waals surface area contributed by atoms with Gasteiger partial charge in [0.05, 0.1) is 28.3 Å². The number of fused-ring (bicyclic) bond motifs is 1. The van der Waals surface area contributed by atoms with Gasteiger partial charge in [0, 0.05) is 12.6 Å². The minimum absolute atomic E-state index is 0.147. The Morgan fingerprint density at radius 3 is 2.44 bits per heavy atom. The number of carbonyl (C=O) groups excluding carboxylic acids is 4. The third-order valence-electron chi connectivity index (χ3n) is 12.5. The van der Waals surface area contributed by atoms with E-state index in [0.717, 1.165) is 25.7 Å². The molecule has 0 radical (unpaired) electrons. The standard InChI is InChI=1S/C41H58F2N6O9S/c1-7-23-16-19-49(31(23)35(51)47-41(22-26(41)33(42)43)37(53)48-59(55,56)40(6)17-18-40)36(52)32(39(3,4)5)46-38(54)58-30-20-24(30)12-10-9-11-13-28-34(50)45-29-21-25(57-8-2)14-15-27(29)44-28/h14-15,21,23-24,26,30-33H,7-13,16-20,22H2,1-6H3,(H,45,50)(H,46,54)(H,47,51)(H,48,53)/t23-,24-,26+,30-,31+,32-,41-/m1/s1. The molecule has 0 bridgehead atoms. The number of carbonyl (C=O) groups is 4. The molecular weight excluding hydrogens is 791 g/mol. The highest BCUT2D eigenvalue weighted by atomic mass is 32.2. The lowest BCUT2D eigenvalue weighted by atomic mass is 9.85. The first-order chi connectivity index (χ1) is 27.7. The minimum atomic E-state index is -4.17. The number of ether oxygens (including phenoxy) is 2. The van der Waals surface area contributed by atoms with Crippen molar-refractivity contribution in [2.24, 2.45) is 23.2 Å². The maximum atomic E-state index is 14.3. The molecule has 6 rings (SSSR count). The summed E-state index contributed by atoms with van der Waals surface area (Å²) >= 11 is 0. The third-order valence-corrected chi connectivity index (χ3v) is 14.7. The number of aryl methyl sites for hydroxylation is 1. The summed E-state index contributed by atoms with van der Waals surface area (Å²) in [6.07, 6.45) is 1.49. The summed E-state index contributed by atoms with van der Waals surface area (Å²) in [5.74, 6) is -3.75. The average Bonchev–Trinajstić information content (AvgIpc) is 4.12. The number of nitrogens with one attached hydrogen (secondary N) is 4. The molecule has 15 nitrogen and oxygen atoms in total. The van der Waals surface area contributed by atoms with Crippen LogP contribution in [0, 0.1) is 23.2 Å². The second-order valence-electron chi connectivity index (χ2n) is 18.0. The van der Waals surface area contributed by atoms with Gasteiger partial charge in [0.1, 0.15) is 35.2 Å². The van der Waals surface area contributed by atoms with E-state index >= 15 is 0 Å². The molecule has 1 saturated heterocycles. The van der Waals surface area contributed by atoms with Crippen LogP contribution in [-0.4, -0.2) is 95.2 Å². The Morgan fingerprint density at radius 2 is 1.81 bits per heavy atom. The van der Waals surface area contributed by atoms with Crippen molar-refractivity contribution in [1.29, 1.82) is 0 Å². The number of nitrogens with zero attached hydrogens (tertiary/aromatic N) is 2. The zero-order valence-electron chi connectivity index (χ0n) is 34.7. The fourth-order valence-electron chi connectivity index (χ4n) is 8.19. The number of amides is 4. The topological polar surface area (TPSA) is 206 Å². The van der Waals surface area contributed by atoms with Crippen LogP contribution in [0.5, 0.6) is 5.75 Å². The predicted molar refractivity (Wildman–Crippen MR) is 214 cm³/mol. The Morgan fingerprint density at radius 1 is 1.08 bits per heavy atom. The molecule has 1 aliphatic heterocycles. The highest BCUT2D eigenvalue weighted by molar-refractivity contribution is 7.91. The number of alkyl carbamates (subject to hydrolysis) is 1. The summed E-state index contributed by atoms with van der Waals surface area (Å²) in [7, 11) is -4.17. The van der Waals surface area contributed by atoms with Gasteiger partial charge in [-0.3, -0.25) is 23.9 Å². The molecule has 4 N–H and O–H groups in total. The third kappa shape index (κ3) is 9.67. The predicted octanol–water partition coefficient (Wildman–Crippen LogP) is 4.72. The maximum Gasteiger partial charge on any atom is 0.408 e. The number of benzene rings is 1. The Balaban J connectivity index is 1.01. The van der Waals surface area contributed by atoms with Crippen molar-refractivity contribution in [2.75, 3.05) is 13.2 Å². The molecule has 1 aromatic carbocycles. The van der Waals surface area contributed by atoms with Gasteiger partial charge in [-0.25, -0.2) is 27.0 Å². The summed E-state index contributed by atoms with van der Waals surface area (Å²) in [6.45, 7) is 11.1. The number of unbranched alkanes of at least 4 members (excludes halogenated alkanes) is 2. The summed E-state index contributed by atoms with van der Waals surface area (Å²) in [6, 6.07) is 3.14. The van der Waals surface area contributed by atoms with Crippen molar-refractivity contribution in [3.63, 3.8) is 0 Å². The van der Waals surface area contributed by atoms with Crippen LogP contribution in [0.3, 0.4) is 0 Å². The lowest BCUT2D eigenvalue weighted by Crippen LogP contribution is -2.61. The molecule has 18 heteroatoms. The van der Waals surface area contributed by atoms with E-state index in [0.29, 0.717) is 67.6 Å². The molecule has 1 aromatic heterocycles. The van der Waals surface area contributed by atoms with Crippen molar-refractivity contribution in [3.8, 4) is 5.75 Å². The molecule has 2 aromatic rings. The van der Waals surface area contributed by atoms with Crippen molar-refractivity contribution in [3.05, 3.63) is 34.2 Å². The van der Waals surface area contributed by atoms with Gasteiger partial charge in [0.15, 0.2) is 0 Å². The molecule has 0 unspecified atom stereocenters. The van der Waals surface area contributed by atoms with E-state index in [9.17, 15) is 41.2 Å². The number of halogens is 2. The lowest BCUT2D eigenvalue weighted by Gasteiger charge is -2.36. The van der Waals surface area contributed by atoms with E-state index in [2.05, 4.69) is 20.6 Å². The molecule has 326 valence electrons. The Bertz CT molecular complexity index is 2110. The minimum Gasteiger partial charge on any atom is -0.494 e. The van der Waals surface area contributed by atoms with Crippen LogP contribution in [0.1, 0.15) is 111 Å². The Hall–Kier alpha value is -4.35. The van der Waals surface area contributed by atoms with Gasteiger partial charge in [0.25, 0.3) is 11.5 Å². The number of aromatic nitrogens is 2. The number of rotatable bonds is 18. The first kappa shape index (κ1) is 44.2. The number of hydrogen-bond acceptors (Lipinski definition) is 10. The molecule has 3 aliphatic carbocycles. The molecule has 59 heavy (non-hydrogen) atoms. The largest absolute Gasteiger partial charge is 0.494 e. The molecule has 0 spiro atoms. The summed E-state index contributed by atoms with van der Waals surface area (Å²) in [4.78, 5) is 76.2. The molecule has 2 heterocycles. The lowest BCUT2D eigenvalue weighted by molar-refractivity contribution is -0.144. The Labute approximate surface area is 343 Å². The van der Waals surface area contributed by atoms with Gasteiger partial charge < -0.3 is 30.0 Å². The van der Waals surface area contributed by atoms with Gasteiger partial charge in [-0.05, 0) is 94.6 Å². The van der Waals surface area contributed by atoms with Gasteiger partial charge in [-0.1, -0.05) is 47.0 Å². The van der Waals surface area contributed by atoms with Crippen molar-refractivity contribution in [1.82, 2.24) is 30.2 Å². The van der Waals surface area contributed by atoms with Gasteiger partial charge in [-0.2, -0.15) is 0 Å². The summed E-state index contributed by atoms with van der Waals surface area (Å²) < 4.78 is 65.7. The van der Waals surface area contributed by atoms with Crippen LogP contribution in [0.25, 0.3) is 11.0 Å². The van der Waals surface area contributed by atoms with E-state index < -0.39 is 80.4 Å². The van der Waals surface area contributed by atoms with E-state index in [1.807, 2.05) is 30.7 Å². The number of hydrogen-bond donors (Lipinski definition) is 4. The number of alkyl halides is 2. The van der Waals surface area contributed by atoms with Crippen LogP contribution in [0.2, 0.25) is 0 Å². The normalized spacial score (nSPS) is 26.3. The first-order valence-corrected chi connectivity index (χ1v) is 22.3. The maximum absolute atomic E-state index is 14.3. The summed E-state index contributed by atoms with van der Waals surface area (Å²) in [5, 5.41) is 5.19. The molecule has 3 saturated carbocycles. The molecule has 4 aliphatic rings. The number of likely N-dealkylation sites (tertiary alicyclic amines) is 1. The van der Waals surface area contributed by atoms with Crippen molar-refractivity contribution < 1.29 is 45.9 Å². The van der Waals surface area contributed by atoms with Gasteiger partial charge >= 0.3 is 6.09 Å². The monoisotopic (exact) mass is 848 g/mol. The number of sulfonamides is 1. The molecule has 4 fully saturated rings. The van der Waals surface area contributed by atoms with Gasteiger partial charge in [0.2, 0.25) is 28.3 Å². The molecule has 4 amide bonds. The van der Waals surface area contributed by atoms with Crippen LogP contribution in [0.15, 0.2) is 23.0 Å². The van der Waals surface area contributed by atoms with E-state index in [4.69, 9.17) is 9.47 Å². The zero-order valence-corrected chi connectivity index (χ0v) is 35.5. The highest BCUT2D eigenvalue weighted by Crippen LogP contribution is 2.49. The van der Waals surface area contributed by atoms with E-state index in [-0.39, 0.29) is 30.0 Å². The van der Waals surface area contributed by atoms with Crippen LogP contribution < -0.4 is 25.7 Å². The van der Waals surface area contributed by atoms with Crippen LogP contribution in [-0.2, 0) is 35.6 Å². The second-order valence-corrected chi connectivity index (χ2v) is 20.2. The SMILES string of the molecule is CCOc1ccc2nc(CCCCC[C@@H]3C[C@H]3OC(=O)N[C@H](C(=O)N3CC[C@@H](CC)[C@H]3C(=O)N[C@]3(C(=O)NS(=O)(=O)C4(C)CC4)C[C@H]3C(F)F)C(C)(C)C)c(=O)[nH]c2c1. The number of H-pyrrole nitrogens is 1. The highest BCUT2D eigenvalue weighted by Gasteiger charge is 2.67.